The van der Waals surface area contributed by atoms with Crippen molar-refractivity contribution in [2.24, 2.45) is 0 Å². The molecule has 0 aromatic heterocycles. The Morgan fingerprint density at radius 3 is 2.62 bits per heavy atom. The number of carbonyl (C=O) groups excluding carboxylic acids is 1. The standard InChI is InChI=1S/C14H16FNO5/c15-10-3-1-9(2-4-10)11(7-13(17)18)16-14(19)12-8-20-5-6-21-12/h1-4,11-12H,5-8H2,(H,16,19)(H,17,18). The molecule has 21 heavy (non-hydrogen) atoms. The fourth-order valence-corrected chi connectivity index (χ4v) is 2.03. The van der Waals surface area contributed by atoms with Gasteiger partial charge in [0.1, 0.15) is 5.82 Å². The Balaban J connectivity index is 2.06. The lowest BCUT2D eigenvalue weighted by molar-refractivity contribution is -0.148. The van der Waals surface area contributed by atoms with Crippen LogP contribution in [0.2, 0.25) is 0 Å². The average Bonchev–Trinajstić information content (AvgIpc) is 2.48. The molecule has 0 saturated carbocycles. The number of aliphatic carboxylic acids is 1. The summed E-state index contributed by atoms with van der Waals surface area (Å²) >= 11 is 0. The Hall–Kier alpha value is -1.99. The molecule has 1 saturated heterocycles. The molecule has 2 N–H and O–H groups in total. The maximum Gasteiger partial charge on any atom is 0.305 e. The largest absolute Gasteiger partial charge is 0.481 e. The van der Waals surface area contributed by atoms with E-state index in [9.17, 15) is 14.0 Å². The topological polar surface area (TPSA) is 84.9 Å². The van der Waals surface area contributed by atoms with Gasteiger partial charge in [-0.15, -0.1) is 0 Å². The highest BCUT2D eigenvalue weighted by atomic mass is 19.1. The molecule has 2 rings (SSSR count). The monoisotopic (exact) mass is 297 g/mol. The van der Waals surface area contributed by atoms with E-state index in [1.165, 1.54) is 24.3 Å². The lowest BCUT2D eigenvalue weighted by Gasteiger charge is -2.25. The molecule has 2 atom stereocenters. The van der Waals surface area contributed by atoms with E-state index in [0.29, 0.717) is 18.8 Å². The number of nitrogens with one attached hydrogen (secondary N) is 1. The summed E-state index contributed by atoms with van der Waals surface area (Å²) in [6.07, 6.45) is -1.05. The third-order valence-corrected chi connectivity index (χ3v) is 3.08. The molecule has 2 unspecified atom stereocenters. The van der Waals surface area contributed by atoms with Crippen molar-refractivity contribution in [3.8, 4) is 0 Å². The highest BCUT2D eigenvalue weighted by Gasteiger charge is 2.26. The zero-order valence-electron chi connectivity index (χ0n) is 11.3. The zero-order chi connectivity index (χ0) is 15.2. The summed E-state index contributed by atoms with van der Waals surface area (Å²) in [5.41, 5.74) is 0.517. The molecule has 0 bridgehead atoms. The first-order valence-corrected chi connectivity index (χ1v) is 6.53. The van der Waals surface area contributed by atoms with Crippen LogP contribution in [0.5, 0.6) is 0 Å². The lowest BCUT2D eigenvalue weighted by atomic mass is 10.0. The van der Waals surface area contributed by atoms with Crippen LogP contribution in [-0.4, -0.2) is 42.9 Å². The van der Waals surface area contributed by atoms with Crippen LogP contribution >= 0.6 is 0 Å². The van der Waals surface area contributed by atoms with Gasteiger partial charge in [-0.1, -0.05) is 12.1 Å². The van der Waals surface area contributed by atoms with Crippen LogP contribution < -0.4 is 5.32 Å². The van der Waals surface area contributed by atoms with Gasteiger partial charge in [-0.25, -0.2) is 4.39 Å². The first kappa shape index (κ1) is 15.4. The second-order valence-electron chi connectivity index (χ2n) is 4.64. The van der Waals surface area contributed by atoms with Crippen molar-refractivity contribution in [3.63, 3.8) is 0 Å². The highest BCUT2D eigenvalue weighted by molar-refractivity contribution is 5.82. The van der Waals surface area contributed by atoms with Gasteiger partial charge in [-0.2, -0.15) is 0 Å². The fraction of sp³-hybridized carbons (Fsp3) is 0.429. The minimum atomic E-state index is -1.06. The van der Waals surface area contributed by atoms with Gasteiger partial charge in [-0.3, -0.25) is 9.59 Å². The summed E-state index contributed by atoms with van der Waals surface area (Å²) in [7, 11) is 0. The minimum Gasteiger partial charge on any atom is -0.481 e. The number of hydrogen-bond donors (Lipinski definition) is 2. The van der Waals surface area contributed by atoms with E-state index in [0.717, 1.165) is 0 Å². The van der Waals surface area contributed by atoms with E-state index in [-0.39, 0.29) is 13.0 Å². The van der Waals surface area contributed by atoms with Gasteiger partial charge >= 0.3 is 5.97 Å². The molecule has 1 aromatic rings. The Bertz CT molecular complexity index is 499. The Labute approximate surface area is 120 Å². The van der Waals surface area contributed by atoms with Crippen LogP contribution in [0.15, 0.2) is 24.3 Å². The molecule has 1 aromatic carbocycles. The molecule has 1 aliphatic heterocycles. The fourth-order valence-electron chi connectivity index (χ4n) is 2.03. The molecular formula is C14H16FNO5. The van der Waals surface area contributed by atoms with Crippen molar-refractivity contribution in [3.05, 3.63) is 35.6 Å². The summed E-state index contributed by atoms with van der Waals surface area (Å²) < 4.78 is 23.3. The van der Waals surface area contributed by atoms with Gasteiger partial charge in [-0.05, 0) is 17.7 Å². The minimum absolute atomic E-state index is 0.134. The molecule has 1 amide bonds. The summed E-state index contributed by atoms with van der Waals surface area (Å²) in [6, 6.07) is 4.58. The molecule has 6 nitrogen and oxygen atoms in total. The van der Waals surface area contributed by atoms with E-state index in [1.54, 1.807) is 0 Å². The molecular weight excluding hydrogens is 281 g/mol. The smallest absolute Gasteiger partial charge is 0.305 e. The number of carbonyl (C=O) groups is 2. The average molecular weight is 297 g/mol. The number of amides is 1. The van der Waals surface area contributed by atoms with Crippen LogP contribution in [0.3, 0.4) is 0 Å². The first-order valence-electron chi connectivity index (χ1n) is 6.53. The van der Waals surface area contributed by atoms with Gasteiger partial charge in [0.2, 0.25) is 0 Å². The molecule has 0 spiro atoms. The Kier molecular flexibility index (Phi) is 5.24. The van der Waals surface area contributed by atoms with Crippen molar-refractivity contribution in [1.29, 1.82) is 0 Å². The number of benzene rings is 1. The number of hydrogen-bond acceptors (Lipinski definition) is 4. The molecule has 114 valence electrons. The van der Waals surface area contributed by atoms with Gasteiger partial charge < -0.3 is 19.9 Å². The predicted octanol–water partition coefficient (Wildman–Crippen LogP) is 0.873. The van der Waals surface area contributed by atoms with Crippen LogP contribution in [0.4, 0.5) is 4.39 Å². The van der Waals surface area contributed by atoms with Crippen LogP contribution in [0, 0.1) is 5.82 Å². The maximum absolute atomic E-state index is 12.9. The summed E-state index contributed by atoms with van der Waals surface area (Å²) in [5, 5.41) is 11.5. The van der Waals surface area contributed by atoms with Crippen LogP contribution in [0.25, 0.3) is 0 Å². The van der Waals surface area contributed by atoms with E-state index >= 15 is 0 Å². The van der Waals surface area contributed by atoms with E-state index in [1.807, 2.05) is 0 Å². The van der Waals surface area contributed by atoms with Crippen molar-refractivity contribution >= 4 is 11.9 Å². The summed E-state index contributed by atoms with van der Waals surface area (Å²) in [5.74, 6) is -1.93. The summed E-state index contributed by atoms with van der Waals surface area (Å²) in [6.45, 7) is 0.883. The van der Waals surface area contributed by atoms with Gasteiger partial charge in [0, 0.05) is 0 Å². The number of halogens is 1. The number of ether oxygens (including phenoxy) is 2. The Morgan fingerprint density at radius 1 is 1.33 bits per heavy atom. The van der Waals surface area contributed by atoms with Crippen LogP contribution in [0.1, 0.15) is 18.0 Å². The maximum atomic E-state index is 12.9. The highest BCUT2D eigenvalue weighted by Crippen LogP contribution is 2.18. The number of rotatable bonds is 5. The SMILES string of the molecule is O=C(O)CC(NC(=O)C1COCCO1)c1ccc(F)cc1. The second-order valence-corrected chi connectivity index (χ2v) is 4.64. The molecule has 1 fully saturated rings. The first-order chi connectivity index (χ1) is 10.1. The third-order valence-electron chi connectivity index (χ3n) is 3.08. The number of carboxylic acids is 1. The Morgan fingerprint density at radius 2 is 2.05 bits per heavy atom. The van der Waals surface area contributed by atoms with Gasteiger partial charge in [0.05, 0.1) is 32.3 Å². The van der Waals surface area contributed by atoms with E-state index in [2.05, 4.69) is 5.32 Å². The number of carboxylic acid groups (broad SMARTS) is 1. The summed E-state index contributed by atoms with van der Waals surface area (Å²) in [4.78, 5) is 23.0. The third kappa shape index (κ3) is 4.51. The molecule has 7 heteroatoms. The van der Waals surface area contributed by atoms with Crippen molar-refractivity contribution in [1.82, 2.24) is 5.32 Å². The lowest BCUT2D eigenvalue weighted by Crippen LogP contribution is -2.44. The quantitative estimate of drug-likeness (QED) is 0.842. The molecule has 1 aliphatic rings. The molecule has 1 heterocycles. The van der Waals surface area contributed by atoms with Gasteiger partial charge in [0.25, 0.3) is 5.91 Å². The normalized spacial score (nSPS) is 19.8. The van der Waals surface area contributed by atoms with Crippen LogP contribution in [-0.2, 0) is 19.1 Å². The zero-order valence-corrected chi connectivity index (χ0v) is 11.3. The van der Waals surface area contributed by atoms with Crippen molar-refractivity contribution in [2.75, 3.05) is 19.8 Å². The van der Waals surface area contributed by atoms with Crippen molar-refractivity contribution in [2.45, 2.75) is 18.6 Å². The van der Waals surface area contributed by atoms with E-state index < -0.39 is 29.8 Å². The molecule has 0 radical (unpaired) electrons. The van der Waals surface area contributed by atoms with Crippen molar-refractivity contribution < 1.29 is 28.6 Å². The second kappa shape index (κ2) is 7.14. The van der Waals surface area contributed by atoms with Gasteiger partial charge in [0.15, 0.2) is 6.10 Å². The predicted molar refractivity (Wildman–Crippen MR) is 70.1 cm³/mol. The van der Waals surface area contributed by atoms with E-state index in [4.69, 9.17) is 14.6 Å². The molecule has 0 aliphatic carbocycles.